The molecule has 0 saturated heterocycles. The molecule has 1 N–H and O–H groups in total. The van der Waals surface area contributed by atoms with Gasteiger partial charge < -0.3 is 9.63 Å². The predicted molar refractivity (Wildman–Crippen MR) is 48.9 cm³/mol. The average molecular weight is 195 g/mol. The van der Waals surface area contributed by atoms with Crippen LogP contribution in [0.1, 0.15) is 31.2 Å². The van der Waals surface area contributed by atoms with Gasteiger partial charge in [-0.25, -0.2) is 0 Å². The quantitative estimate of drug-likeness (QED) is 0.781. The van der Waals surface area contributed by atoms with Crippen molar-refractivity contribution in [2.75, 3.05) is 0 Å². The maximum Gasteiger partial charge on any atom is 0.307 e. The third-order valence-corrected chi connectivity index (χ3v) is 3.06. The zero-order valence-corrected chi connectivity index (χ0v) is 8.44. The molecular weight excluding hydrogens is 182 g/mol. The first-order valence-corrected chi connectivity index (χ1v) is 4.60. The summed E-state index contributed by atoms with van der Waals surface area (Å²) in [4.78, 5) is 10.9. The van der Waals surface area contributed by atoms with E-state index in [1.165, 1.54) is 0 Å². The van der Waals surface area contributed by atoms with Crippen LogP contribution in [0.3, 0.4) is 0 Å². The molecule has 14 heavy (non-hydrogen) atoms. The van der Waals surface area contributed by atoms with E-state index < -0.39 is 5.97 Å². The summed E-state index contributed by atoms with van der Waals surface area (Å²) in [6, 6.07) is 1.81. The second-order valence-electron chi connectivity index (χ2n) is 4.48. The van der Waals surface area contributed by atoms with E-state index in [4.69, 9.17) is 9.63 Å². The zero-order valence-electron chi connectivity index (χ0n) is 8.44. The van der Waals surface area contributed by atoms with Gasteiger partial charge in [-0.3, -0.25) is 4.79 Å². The van der Waals surface area contributed by atoms with Gasteiger partial charge in [0.15, 0.2) is 0 Å². The van der Waals surface area contributed by atoms with Crippen LogP contribution in [0.15, 0.2) is 10.6 Å². The Morgan fingerprint density at radius 1 is 1.64 bits per heavy atom. The molecule has 76 valence electrons. The lowest BCUT2D eigenvalue weighted by Crippen LogP contribution is -2.03. The molecule has 0 unspecified atom stereocenters. The van der Waals surface area contributed by atoms with Gasteiger partial charge in [0.05, 0.1) is 11.6 Å². The molecule has 1 fully saturated rings. The Morgan fingerprint density at radius 2 is 2.29 bits per heavy atom. The van der Waals surface area contributed by atoms with Crippen LogP contribution in [-0.2, 0) is 4.79 Å². The Labute approximate surface area is 81.9 Å². The molecule has 2 rings (SSSR count). The number of hydrogen-bond donors (Lipinski definition) is 1. The number of carboxylic acids is 1. The van der Waals surface area contributed by atoms with Crippen molar-refractivity contribution < 1.29 is 14.4 Å². The molecule has 0 amide bonds. The lowest BCUT2D eigenvalue weighted by atomic mass is 10.1. The van der Waals surface area contributed by atoms with Crippen molar-refractivity contribution in [1.82, 2.24) is 5.16 Å². The highest BCUT2D eigenvalue weighted by molar-refractivity contribution is 5.77. The maximum atomic E-state index is 10.9. The Balaban J connectivity index is 2.27. The number of carboxylic acid groups (broad SMARTS) is 1. The summed E-state index contributed by atoms with van der Waals surface area (Å²) in [5.41, 5.74) is 0.565. The molecule has 0 radical (unpaired) electrons. The Kier molecular flexibility index (Phi) is 1.71. The smallest absolute Gasteiger partial charge is 0.307 e. The summed E-state index contributed by atoms with van der Waals surface area (Å²) < 4.78 is 4.94. The van der Waals surface area contributed by atoms with E-state index in [1.54, 1.807) is 0 Å². The minimum atomic E-state index is -0.749. The van der Waals surface area contributed by atoms with E-state index in [2.05, 4.69) is 5.16 Å². The molecule has 1 aliphatic rings. The van der Waals surface area contributed by atoms with Gasteiger partial charge in [-0.2, -0.15) is 0 Å². The third kappa shape index (κ3) is 1.14. The summed E-state index contributed by atoms with van der Waals surface area (Å²) in [6.45, 7) is 5.70. The molecule has 2 atom stereocenters. The van der Waals surface area contributed by atoms with Crippen molar-refractivity contribution in [2.45, 2.75) is 26.7 Å². The van der Waals surface area contributed by atoms with Crippen molar-refractivity contribution in [3.8, 4) is 0 Å². The number of nitrogens with zero attached hydrogens (tertiary/aromatic N) is 1. The van der Waals surface area contributed by atoms with E-state index in [0.717, 1.165) is 11.5 Å². The molecule has 1 heterocycles. The largest absolute Gasteiger partial charge is 0.481 e. The van der Waals surface area contributed by atoms with Crippen molar-refractivity contribution in [2.24, 2.45) is 11.3 Å². The number of aromatic nitrogens is 1. The summed E-state index contributed by atoms with van der Waals surface area (Å²) >= 11 is 0. The fourth-order valence-corrected chi connectivity index (χ4v) is 2.18. The van der Waals surface area contributed by atoms with E-state index in [-0.39, 0.29) is 17.3 Å². The Bertz CT molecular complexity index is 380. The average Bonchev–Trinajstić information content (AvgIpc) is 2.42. The highest BCUT2D eigenvalue weighted by Crippen LogP contribution is 2.64. The molecule has 0 spiro atoms. The normalized spacial score (nSPS) is 28.8. The number of hydrogen-bond acceptors (Lipinski definition) is 3. The molecule has 1 aromatic rings. The van der Waals surface area contributed by atoms with Crippen LogP contribution in [0.4, 0.5) is 0 Å². The summed E-state index contributed by atoms with van der Waals surface area (Å²) in [7, 11) is 0. The van der Waals surface area contributed by atoms with Crippen LogP contribution in [0.25, 0.3) is 0 Å². The van der Waals surface area contributed by atoms with Gasteiger partial charge >= 0.3 is 5.97 Å². The van der Waals surface area contributed by atoms with Crippen molar-refractivity contribution in [3.05, 3.63) is 17.5 Å². The minimum absolute atomic E-state index is 0.00236. The molecular formula is C10H13NO3. The SMILES string of the molecule is Cc1cc([C@H]2[C@H](C(=O)O)C2(C)C)no1. The van der Waals surface area contributed by atoms with Crippen molar-refractivity contribution >= 4 is 5.97 Å². The number of aliphatic carboxylic acids is 1. The van der Waals surface area contributed by atoms with Crippen LogP contribution >= 0.6 is 0 Å². The second-order valence-corrected chi connectivity index (χ2v) is 4.48. The monoisotopic (exact) mass is 195 g/mol. The van der Waals surface area contributed by atoms with Gasteiger partial charge in [-0.05, 0) is 12.3 Å². The van der Waals surface area contributed by atoms with Gasteiger partial charge in [0.1, 0.15) is 5.76 Å². The van der Waals surface area contributed by atoms with Crippen LogP contribution in [0, 0.1) is 18.3 Å². The number of aryl methyl sites for hydroxylation is 1. The standard InChI is InChI=1S/C10H13NO3/c1-5-4-6(11-14-5)7-8(9(12)13)10(7,2)3/h4,7-8H,1-3H3,(H,12,13)/t7-,8+/m0/s1. The van der Waals surface area contributed by atoms with Crippen LogP contribution < -0.4 is 0 Å². The van der Waals surface area contributed by atoms with E-state index >= 15 is 0 Å². The molecule has 4 nitrogen and oxygen atoms in total. The lowest BCUT2D eigenvalue weighted by molar-refractivity contribution is -0.139. The van der Waals surface area contributed by atoms with Crippen molar-refractivity contribution in [3.63, 3.8) is 0 Å². The van der Waals surface area contributed by atoms with Crippen LogP contribution in [0.2, 0.25) is 0 Å². The predicted octanol–water partition coefficient (Wildman–Crippen LogP) is 1.81. The van der Waals surface area contributed by atoms with Gasteiger partial charge in [0, 0.05) is 12.0 Å². The molecule has 1 aliphatic carbocycles. The van der Waals surface area contributed by atoms with Gasteiger partial charge in [0.25, 0.3) is 0 Å². The zero-order chi connectivity index (χ0) is 10.5. The second kappa shape index (κ2) is 2.59. The minimum Gasteiger partial charge on any atom is -0.481 e. The molecule has 0 aromatic carbocycles. The van der Waals surface area contributed by atoms with Crippen LogP contribution in [0.5, 0.6) is 0 Å². The first-order chi connectivity index (χ1) is 6.44. The highest BCUT2D eigenvalue weighted by atomic mass is 16.5. The Morgan fingerprint density at radius 3 is 2.64 bits per heavy atom. The number of carbonyl (C=O) groups is 1. The summed E-state index contributed by atoms with van der Waals surface area (Å²) in [5, 5.41) is 12.8. The first-order valence-electron chi connectivity index (χ1n) is 4.60. The van der Waals surface area contributed by atoms with Gasteiger partial charge in [-0.1, -0.05) is 19.0 Å². The molecule has 1 aromatic heterocycles. The Hall–Kier alpha value is -1.32. The number of rotatable bonds is 2. The highest BCUT2D eigenvalue weighted by Gasteiger charge is 2.64. The lowest BCUT2D eigenvalue weighted by Gasteiger charge is -1.96. The fourth-order valence-electron chi connectivity index (χ4n) is 2.18. The van der Waals surface area contributed by atoms with Crippen LogP contribution in [-0.4, -0.2) is 16.2 Å². The first kappa shape index (κ1) is 9.24. The maximum absolute atomic E-state index is 10.9. The van der Waals surface area contributed by atoms with Gasteiger partial charge in [0.2, 0.25) is 0 Å². The summed E-state index contributed by atoms with van der Waals surface area (Å²) in [5.74, 6) is -0.350. The topological polar surface area (TPSA) is 63.3 Å². The van der Waals surface area contributed by atoms with E-state index in [1.807, 2.05) is 26.8 Å². The molecule has 0 bridgehead atoms. The van der Waals surface area contributed by atoms with Gasteiger partial charge in [-0.15, -0.1) is 0 Å². The third-order valence-electron chi connectivity index (χ3n) is 3.06. The fraction of sp³-hybridized carbons (Fsp3) is 0.600. The molecule has 1 saturated carbocycles. The van der Waals surface area contributed by atoms with E-state index in [9.17, 15) is 4.79 Å². The molecule has 4 heteroatoms. The molecule has 0 aliphatic heterocycles. The van der Waals surface area contributed by atoms with Crippen molar-refractivity contribution in [1.29, 1.82) is 0 Å². The van der Waals surface area contributed by atoms with E-state index in [0.29, 0.717) is 0 Å². The summed E-state index contributed by atoms with van der Waals surface area (Å²) in [6.07, 6.45) is 0.